The van der Waals surface area contributed by atoms with Crippen molar-refractivity contribution in [3.63, 3.8) is 0 Å². The molecule has 0 saturated carbocycles. The summed E-state index contributed by atoms with van der Waals surface area (Å²) in [5.74, 6) is -0.0535. The highest BCUT2D eigenvalue weighted by Crippen LogP contribution is 2.29. The lowest BCUT2D eigenvalue weighted by Gasteiger charge is -2.13. The maximum Gasteiger partial charge on any atom is 0.261 e. The van der Waals surface area contributed by atoms with E-state index in [0.717, 1.165) is 0 Å². The smallest absolute Gasteiger partial charge is 0.261 e. The minimum atomic E-state index is -0.431. The number of nitrogens with one attached hydrogen (secondary N) is 1. The van der Waals surface area contributed by atoms with Crippen molar-refractivity contribution in [2.75, 3.05) is 18.2 Å². The predicted molar refractivity (Wildman–Crippen MR) is 84.4 cm³/mol. The van der Waals surface area contributed by atoms with Crippen molar-refractivity contribution >= 4 is 40.5 Å². The number of pyridine rings is 1. The Bertz CT molecular complexity index is 682. The number of hydrogen-bond donors (Lipinski definition) is 2. The minimum Gasteiger partial charge on any atom is -0.496 e. The number of carbonyl (C=O) groups is 1. The second-order valence-corrected chi connectivity index (χ2v) is 5.05. The molecular weight excluding hydrogens is 313 g/mol. The summed E-state index contributed by atoms with van der Waals surface area (Å²) in [5.41, 5.74) is 7.47. The normalized spacial score (nSPS) is 10.3. The number of anilines is 2. The van der Waals surface area contributed by atoms with E-state index in [4.69, 9.17) is 33.7 Å². The number of aromatic nitrogens is 1. The van der Waals surface area contributed by atoms with Gasteiger partial charge in [-0.1, -0.05) is 29.3 Å². The lowest BCUT2D eigenvalue weighted by Crippen LogP contribution is -2.16. The Morgan fingerprint density at radius 2 is 2.10 bits per heavy atom. The molecule has 0 aliphatic carbocycles. The molecule has 2 aromatic rings. The van der Waals surface area contributed by atoms with E-state index in [-0.39, 0.29) is 15.9 Å². The van der Waals surface area contributed by atoms with Gasteiger partial charge in [-0.15, -0.1) is 0 Å². The first-order valence-electron chi connectivity index (χ1n) is 6.00. The molecule has 0 radical (unpaired) electrons. The van der Waals surface area contributed by atoms with Crippen LogP contribution in [0.15, 0.2) is 24.3 Å². The van der Waals surface area contributed by atoms with E-state index < -0.39 is 5.91 Å². The standard InChI is InChI=1S/C14H13Cl2N3O2/c1-7-6-10(15)18-13(16)12(7)19-14(20)11-8(17)4-3-5-9(11)21-2/h3-6H,17H2,1-2H3,(H,19,20). The number of halogens is 2. The van der Waals surface area contributed by atoms with Crippen LogP contribution in [0.3, 0.4) is 0 Å². The van der Waals surface area contributed by atoms with Crippen molar-refractivity contribution in [3.05, 3.63) is 45.7 Å². The van der Waals surface area contributed by atoms with Crippen LogP contribution in [0.2, 0.25) is 10.3 Å². The monoisotopic (exact) mass is 325 g/mol. The van der Waals surface area contributed by atoms with E-state index in [1.165, 1.54) is 7.11 Å². The molecule has 1 aromatic heterocycles. The van der Waals surface area contributed by atoms with Gasteiger partial charge in [0.25, 0.3) is 5.91 Å². The third-order valence-electron chi connectivity index (χ3n) is 2.89. The second kappa shape index (κ2) is 6.20. The molecule has 5 nitrogen and oxygen atoms in total. The highest BCUT2D eigenvalue weighted by molar-refractivity contribution is 6.35. The third kappa shape index (κ3) is 3.20. The highest BCUT2D eigenvalue weighted by atomic mass is 35.5. The molecule has 0 aliphatic rings. The van der Waals surface area contributed by atoms with Gasteiger partial charge < -0.3 is 15.8 Å². The third-order valence-corrected chi connectivity index (χ3v) is 3.35. The summed E-state index contributed by atoms with van der Waals surface area (Å²) in [6.07, 6.45) is 0. The number of carbonyl (C=O) groups excluding carboxylic acids is 1. The first-order valence-corrected chi connectivity index (χ1v) is 6.76. The Morgan fingerprint density at radius 1 is 1.38 bits per heavy atom. The molecule has 2 rings (SSSR count). The molecule has 0 fully saturated rings. The molecule has 1 heterocycles. The van der Waals surface area contributed by atoms with Crippen molar-refractivity contribution < 1.29 is 9.53 Å². The fourth-order valence-electron chi connectivity index (χ4n) is 1.88. The van der Waals surface area contributed by atoms with Crippen LogP contribution in [0.5, 0.6) is 5.75 Å². The average molecular weight is 326 g/mol. The van der Waals surface area contributed by atoms with Crippen LogP contribution >= 0.6 is 23.2 Å². The highest BCUT2D eigenvalue weighted by Gasteiger charge is 2.18. The number of aryl methyl sites for hydroxylation is 1. The van der Waals surface area contributed by atoms with Gasteiger partial charge in [0.1, 0.15) is 16.5 Å². The van der Waals surface area contributed by atoms with Gasteiger partial charge in [-0.2, -0.15) is 0 Å². The summed E-state index contributed by atoms with van der Waals surface area (Å²) >= 11 is 11.8. The van der Waals surface area contributed by atoms with Crippen LogP contribution in [0.4, 0.5) is 11.4 Å². The number of nitrogens with two attached hydrogens (primary N) is 1. The Kier molecular flexibility index (Phi) is 4.55. The predicted octanol–water partition coefficient (Wildman–Crippen LogP) is 3.54. The fraction of sp³-hybridized carbons (Fsp3) is 0.143. The molecule has 21 heavy (non-hydrogen) atoms. The summed E-state index contributed by atoms with van der Waals surface area (Å²) in [7, 11) is 1.47. The number of hydrogen-bond acceptors (Lipinski definition) is 4. The zero-order chi connectivity index (χ0) is 15.6. The number of benzene rings is 1. The summed E-state index contributed by atoms with van der Waals surface area (Å²) in [6.45, 7) is 1.76. The second-order valence-electron chi connectivity index (χ2n) is 4.31. The molecule has 0 bridgehead atoms. The topological polar surface area (TPSA) is 77.2 Å². The summed E-state index contributed by atoms with van der Waals surface area (Å²) in [5, 5.41) is 3.06. The Labute approximate surface area is 132 Å². The van der Waals surface area contributed by atoms with Crippen LogP contribution < -0.4 is 15.8 Å². The molecule has 0 unspecified atom stereocenters. The van der Waals surface area contributed by atoms with Crippen molar-refractivity contribution in [1.82, 2.24) is 4.98 Å². The van der Waals surface area contributed by atoms with E-state index in [1.807, 2.05) is 0 Å². The number of amides is 1. The van der Waals surface area contributed by atoms with Crippen LogP contribution in [0, 0.1) is 6.92 Å². The van der Waals surface area contributed by atoms with E-state index >= 15 is 0 Å². The maximum atomic E-state index is 12.4. The van der Waals surface area contributed by atoms with E-state index in [9.17, 15) is 4.79 Å². The van der Waals surface area contributed by atoms with Crippen LogP contribution in [-0.4, -0.2) is 18.0 Å². The zero-order valence-electron chi connectivity index (χ0n) is 11.4. The number of methoxy groups -OCH3 is 1. The average Bonchev–Trinajstić information content (AvgIpc) is 2.42. The van der Waals surface area contributed by atoms with E-state index in [1.54, 1.807) is 31.2 Å². The van der Waals surface area contributed by atoms with Gasteiger partial charge in [0.15, 0.2) is 5.15 Å². The zero-order valence-corrected chi connectivity index (χ0v) is 12.9. The molecule has 0 atom stereocenters. The largest absolute Gasteiger partial charge is 0.496 e. The minimum absolute atomic E-state index is 0.113. The Morgan fingerprint density at radius 3 is 2.71 bits per heavy atom. The summed E-state index contributed by atoms with van der Waals surface area (Å²) < 4.78 is 5.15. The van der Waals surface area contributed by atoms with E-state index in [0.29, 0.717) is 22.7 Å². The molecule has 1 aromatic carbocycles. The van der Waals surface area contributed by atoms with Crippen molar-refractivity contribution in [2.45, 2.75) is 6.92 Å². The van der Waals surface area contributed by atoms with Gasteiger partial charge in [0.2, 0.25) is 0 Å². The number of nitrogens with zero attached hydrogens (tertiary/aromatic N) is 1. The first kappa shape index (κ1) is 15.4. The maximum absolute atomic E-state index is 12.4. The van der Waals surface area contributed by atoms with Crippen molar-refractivity contribution in [1.29, 1.82) is 0 Å². The number of ether oxygens (including phenoxy) is 1. The van der Waals surface area contributed by atoms with Crippen molar-refractivity contribution in [3.8, 4) is 5.75 Å². The first-order chi connectivity index (χ1) is 9.93. The lowest BCUT2D eigenvalue weighted by molar-refractivity contribution is 0.102. The molecule has 0 spiro atoms. The summed E-state index contributed by atoms with van der Waals surface area (Å²) in [6, 6.07) is 6.58. The number of nitrogen functional groups attached to an aromatic ring is 1. The molecule has 0 aliphatic heterocycles. The lowest BCUT2D eigenvalue weighted by atomic mass is 10.1. The van der Waals surface area contributed by atoms with Gasteiger partial charge in [0.05, 0.1) is 12.8 Å². The van der Waals surface area contributed by atoms with Gasteiger partial charge in [-0.25, -0.2) is 4.98 Å². The quantitative estimate of drug-likeness (QED) is 0.668. The van der Waals surface area contributed by atoms with Crippen LogP contribution in [0.25, 0.3) is 0 Å². The Hall–Kier alpha value is -1.98. The Balaban J connectivity index is 2.40. The van der Waals surface area contributed by atoms with Crippen LogP contribution in [0.1, 0.15) is 15.9 Å². The van der Waals surface area contributed by atoms with Crippen LogP contribution in [-0.2, 0) is 0 Å². The van der Waals surface area contributed by atoms with E-state index in [2.05, 4.69) is 10.3 Å². The van der Waals surface area contributed by atoms with Gasteiger partial charge in [0, 0.05) is 5.69 Å². The summed E-state index contributed by atoms with van der Waals surface area (Å²) in [4.78, 5) is 16.3. The fourth-order valence-corrected chi connectivity index (χ4v) is 2.46. The molecule has 110 valence electrons. The van der Waals surface area contributed by atoms with Gasteiger partial charge in [-0.05, 0) is 30.7 Å². The molecule has 7 heteroatoms. The van der Waals surface area contributed by atoms with Crippen molar-refractivity contribution in [2.24, 2.45) is 0 Å². The molecule has 0 saturated heterocycles. The molecular formula is C14H13Cl2N3O2. The number of rotatable bonds is 3. The SMILES string of the molecule is COc1cccc(N)c1C(=O)Nc1c(C)cc(Cl)nc1Cl. The van der Waals surface area contributed by atoms with Gasteiger partial charge >= 0.3 is 0 Å². The van der Waals surface area contributed by atoms with Gasteiger partial charge in [-0.3, -0.25) is 4.79 Å². The molecule has 3 N–H and O–H groups in total. The molecule has 1 amide bonds.